The lowest BCUT2D eigenvalue weighted by Crippen LogP contribution is -2.49. The Morgan fingerprint density at radius 2 is 2.39 bits per heavy atom. The molecule has 1 aliphatic heterocycles. The lowest BCUT2D eigenvalue weighted by Gasteiger charge is -2.38. The van der Waals surface area contributed by atoms with Crippen LogP contribution in [-0.4, -0.2) is 46.3 Å². The highest BCUT2D eigenvalue weighted by Crippen LogP contribution is 2.21. The van der Waals surface area contributed by atoms with E-state index in [-0.39, 0.29) is 17.8 Å². The predicted octanol–water partition coefficient (Wildman–Crippen LogP) is 1.18. The van der Waals surface area contributed by atoms with Gasteiger partial charge < -0.3 is 14.7 Å². The molecule has 1 fully saturated rings. The van der Waals surface area contributed by atoms with Gasteiger partial charge in [-0.15, -0.1) is 0 Å². The van der Waals surface area contributed by atoms with Crippen LogP contribution in [0.2, 0.25) is 0 Å². The third-order valence-electron chi connectivity index (χ3n) is 3.07. The van der Waals surface area contributed by atoms with E-state index in [1.807, 2.05) is 6.92 Å². The molecule has 2 atom stereocenters. The molecule has 0 bridgehead atoms. The number of nitrogens with zero attached hydrogens (tertiary/aromatic N) is 3. The second-order valence-corrected chi connectivity index (χ2v) is 4.43. The second kappa shape index (κ2) is 5.30. The number of aromatic nitrogens is 2. The number of hydrogen-bond acceptors (Lipinski definition) is 5. The van der Waals surface area contributed by atoms with E-state index in [1.165, 1.54) is 6.20 Å². The first kappa shape index (κ1) is 12.8. The number of rotatable bonds is 3. The fourth-order valence-electron chi connectivity index (χ4n) is 2.06. The van der Waals surface area contributed by atoms with Crippen LogP contribution < -0.4 is 4.90 Å². The molecule has 1 saturated heterocycles. The summed E-state index contributed by atoms with van der Waals surface area (Å²) >= 11 is 0. The van der Waals surface area contributed by atoms with Crippen molar-refractivity contribution >= 4 is 11.8 Å². The molecule has 6 heteroatoms. The SMILES string of the molecule is CCC1COC(C)CN1c1cncc(C(=O)O)n1. The Kier molecular flexibility index (Phi) is 3.76. The molecule has 1 aromatic rings. The molecule has 2 rings (SSSR count). The number of hydrogen-bond donors (Lipinski definition) is 1. The molecule has 2 unspecified atom stereocenters. The summed E-state index contributed by atoms with van der Waals surface area (Å²) in [6.45, 7) is 5.41. The average molecular weight is 251 g/mol. The molecule has 0 spiro atoms. The standard InChI is InChI=1S/C12H17N3O3/c1-3-9-7-18-8(2)6-15(9)11-5-13-4-10(14-11)12(16)17/h4-5,8-9H,3,6-7H2,1-2H3,(H,16,17). The summed E-state index contributed by atoms with van der Waals surface area (Å²) in [4.78, 5) is 21.1. The molecule has 0 aliphatic carbocycles. The van der Waals surface area contributed by atoms with Gasteiger partial charge in [-0.3, -0.25) is 4.98 Å². The van der Waals surface area contributed by atoms with Crippen molar-refractivity contribution in [3.8, 4) is 0 Å². The Morgan fingerprint density at radius 3 is 3.06 bits per heavy atom. The largest absolute Gasteiger partial charge is 0.476 e. The van der Waals surface area contributed by atoms with Crippen molar-refractivity contribution in [2.45, 2.75) is 32.4 Å². The van der Waals surface area contributed by atoms with Crippen LogP contribution in [0.4, 0.5) is 5.82 Å². The second-order valence-electron chi connectivity index (χ2n) is 4.43. The van der Waals surface area contributed by atoms with Crippen molar-refractivity contribution in [1.29, 1.82) is 0 Å². The van der Waals surface area contributed by atoms with Gasteiger partial charge in [-0.1, -0.05) is 6.92 Å². The van der Waals surface area contributed by atoms with Crippen molar-refractivity contribution in [2.24, 2.45) is 0 Å². The molecule has 1 aromatic heterocycles. The highest BCUT2D eigenvalue weighted by atomic mass is 16.5. The van der Waals surface area contributed by atoms with Crippen LogP contribution in [0, 0.1) is 0 Å². The molecular formula is C12H17N3O3. The lowest BCUT2D eigenvalue weighted by molar-refractivity contribution is 0.0296. The summed E-state index contributed by atoms with van der Waals surface area (Å²) < 4.78 is 5.60. The smallest absolute Gasteiger partial charge is 0.356 e. The zero-order valence-electron chi connectivity index (χ0n) is 10.5. The molecule has 6 nitrogen and oxygen atoms in total. The topological polar surface area (TPSA) is 75.5 Å². The molecule has 2 heterocycles. The van der Waals surface area contributed by atoms with Crippen molar-refractivity contribution in [2.75, 3.05) is 18.1 Å². The molecule has 1 aliphatic rings. The number of aromatic carboxylic acids is 1. The first-order valence-electron chi connectivity index (χ1n) is 6.05. The van der Waals surface area contributed by atoms with Gasteiger partial charge in [-0.2, -0.15) is 0 Å². The number of carboxylic acids is 1. The van der Waals surface area contributed by atoms with Crippen molar-refractivity contribution in [1.82, 2.24) is 9.97 Å². The Labute approximate surface area is 106 Å². The van der Waals surface area contributed by atoms with Crippen molar-refractivity contribution in [3.05, 3.63) is 18.1 Å². The summed E-state index contributed by atoms with van der Waals surface area (Å²) in [5.41, 5.74) is -0.0264. The summed E-state index contributed by atoms with van der Waals surface area (Å²) in [6, 6.07) is 0.222. The summed E-state index contributed by atoms with van der Waals surface area (Å²) in [7, 11) is 0. The minimum atomic E-state index is -1.06. The zero-order chi connectivity index (χ0) is 13.1. The van der Waals surface area contributed by atoms with Crippen molar-refractivity contribution < 1.29 is 14.6 Å². The van der Waals surface area contributed by atoms with Gasteiger partial charge in [0.05, 0.1) is 31.1 Å². The quantitative estimate of drug-likeness (QED) is 0.869. The number of carbonyl (C=O) groups is 1. The van der Waals surface area contributed by atoms with E-state index in [1.54, 1.807) is 6.20 Å². The van der Waals surface area contributed by atoms with E-state index in [0.717, 1.165) is 6.42 Å². The first-order valence-corrected chi connectivity index (χ1v) is 6.05. The van der Waals surface area contributed by atoms with Crippen LogP contribution >= 0.6 is 0 Å². The Morgan fingerprint density at radius 1 is 1.61 bits per heavy atom. The fourth-order valence-corrected chi connectivity index (χ4v) is 2.06. The van der Waals surface area contributed by atoms with E-state index in [0.29, 0.717) is 19.0 Å². The van der Waals surface area contributed by atoms with Gasteiger partial charge in [0.25, 0.3) is 0 Å². The van der Waals surface area contributed by atoms with Gasteiger partial charge in [-0.05, 0) is 13.3 Å². The van der Waals surface area contributed by atoms with Crippen LogP contribution in [-0.2, 0) is 4.74 Å². The number of carboxylic acid groups (broad SMARTS) is 1. The molecule has 0 aromatic carbocycles. The maximum atomic E-state index is 10.9. The highest BCUT2D eigenvalue weighted by molar-refractivity contribution is 5.85. The Hall–Kier alpha value is -1.69. The van der Waals surface area contributed by atoms with E-state index in [4.69, 9.17) is 9.84 Å². The van der Waals surface area contributed by atoms with Crippen LogP contribution in [0.15, 0.2) is 12.4 Å². The maximum Gasteiger partial charge on any atom is 0.356 e. The van der Waals surface area contributed by atoms with E-state index < -0.39 is 5.97 Å². The third-order valence-corrected chi connectivity index (χ3v) is 3.07. The molecule has 0 radical (unpaired) electrons. The Bertz CT molecular complexity index is 438. The summed E-state index contributed by atoms with van der Waals surface area (Å²) in [5.74, 6) is -0.449. The molecule has 0 amide bonds. The average Bonchev–Trinajstić information content (AvgIpc) is 2.39. The van der Waals surface area contributed by atoms with Gasteiger partial charge in [0.1, 0.15) is 5.82 Å². The molecule has 0 saturated carbocycles. The van der Waals surface area contributed by atoms with E-state index in [9.17, 15) is 4.79 Å². The fraction of sp³-hybridized carbons (Fsp3) is 0.583. The van der Waals surface area contributed by atoms with Crippen LogP contribution in [0.1, 0.15) is 30.8 Å². The summed E-state index contributed by atoms with van der Waals surface area (Å²) in [6.07, 6.45) is 3.90. The minimum Gasteiger partial charge on any atom is -0.476 e. The number of ether oxygens (including phenoxy) is 1. The van der Waals surface area contributed by atoms with Gasteiger partial charge in [0.15, 0.2) is 5.69 Å². The predicted molar refractivity (Wildman–Crippen MR) is 65.8 cm³/mol. The normalized spacial score (nSPS) is 24.0. The van der Waals surface area contributed by atoms with Crippen LogP contribution in [0.3, 0.4) is 0 Å². The third kappa shape index (κ3) is 2.59. The van der Waals surface area contributed by atoms with Crippen LogP contribution in [0.25, 0.3) is 0 Å². The molecule has 1 N–H and O–H groups in total. The lowest BCUT2D eigenvalue weighted by atomic mass is 10.1. The number of anilines is 1. The summed E-state index contributed by atoms with van der Waals surface area (Å²) in [5, 5.41) is 8.94. The molecular weight excluding hydrogens is 234 g/mol. The number of morpholine rings is 1. The molecule has 98 valence electrons. The highest BCUT2D eigenvalue weighted by Gasteiger charge is 2.27. The van der Waals surface area contributed by atoms with E-state index in [2.05, 4.69) is 21.8 Å². The van der Waals surface area contributed by atoms with Gasteiger partial charge in [0.2, 0.25) is 0 Å². The van der Waals surface area contributed by atoms with Crippen LogP contribution in [0.5, 0.6) is 0 Å². The first-order chi connectivity index (χ1) is 8.61. The van der Waals surface area contributed by atoms with E-state index >= 15 is 0 Å². The monoisotopic (exact) mass is 251 g/mol. The van der Waals surface area contributed by atoms with Gasteiger partial charge >= 0.3 is 5.97 Å². The minimum absolute atomic E-state index is 0.0264. The van der Waals surface area contributed by atoms with Gasteiger partial charge in [-0.25, -0.2) is 9.78 Å². The maximum absolute atomic E-state index is 10.9. The van der Waals surface area contributed by atoms with Gasteiger partial charge in [0, 0.05) is 6.54 Å². The van der Waals surface area contributed by atoms with Crippen molar-refractivity contribution in [3.63, 3.8) is 0 Å². The Balaban J connectivity index is 2.27. The molecule has 18 heavy (non-hydrogen) atoms. The zero-order valence-corrected chi connectivity index (χ0v) is 10.5.